The molecule has 7 heteroatoms. The molecule has 1 unspecified atom stereocenters. The van der Waals surface area contributed by atoms with Crippen LogP contribution in [0, 0.1) is 5.82 Å². The second-order valence-corrected chi connectivity index (χ2v) is 9.69. The molecule has 0 saturated carbocycles. The van der Waals surface area contributed by atoms with E-state index in [4.69, 9.17) is 11.6 Å². The van der Waals surface area contributed by atoms with Crippen LogP contribution in [0.3, 0.4) is 0 Å². The maximum absolute atomic E-state index is 13.5. The van der Waals surface area contributed by atoms with Gasteiger partial charge in [-0.2, -0.15) is 0 Å². The molecule has 1 N–H and O–H groups in total. The summed E-state index contributed by atoms with van der Waals surface area (Å²) in [5, 5.41) is 3.63. The second-order valence-electron chi connectivity index (χ2n) is 8.26. The molecular weight excluding hydrogens is 483 g/mol. The lowest BCUT2D eigenvalue weighted by atomic mass is 10.0. The van der Waals surface area contributed by atoms with E-state index < -0.39 is 6.04 Å². The third kappa shape index (κ3) is 8.71. The highest BCUT2D eigenvalue weighted by molar-refractivity contribution is 7.99. The Morgan fingerprint density at radius 1 is 0.943 bits per heavy atom. The molecule has 0 heterocycles. The zero-order valence-corrected chi connectivity index (χ0v) is 21.3. The van der Waals surface area contributed by atoms with E-state index in [1.165, 1.54) is 23.9 Å². The van der Waals surface area contributed by atoms with Crippen molar-refractivity contribution < 1.29 is 14.0 Å². The molecule has 3 rings (SSSR count). The van der Waals surface area contributed by atoms with Gasteiger partial charge in [0.2, 0.25) is 11.8 Å². The van der Waals surface area contributed by atoms with Crippen molar-refractivity contribution in [3.05, 3.63) is 106 Å². The first-order valence-electron chi connectivity index (χ1n) is 11.6. The summed E-state index contributed by atoms with van der Waals surface area (Å²) in [7, 11) is 0. The molecule has 3 aromatic carbocycles. The number of amides is 2. The van der Waals surface area contributed by atoms with E-state index >= 15 is 0 Å². The van der Waals surface area contributed by atoms with Gasteiger partial charge in [-0.05, 0) is 47.4 Å². The van der Waals surface area contributed by atoms with E-state index in [0.717, 1.165) is 23.1 Å². The topological polar surface area (TPSA) is 49.4 Å². The summed E-state index contributed by atoms with van der Waals surface area (Å²) in [6.45, 7) is 2.74. The van der Waals surface area contributed by atoms with E-state index in [1.54, 1.807) is 17.0 Å². The van der Waals surface area contributed by atoms with Crippen LogP contribution < -0.4 is 5.32 Å². The van der Waals surface area contributed by atoms with Gasteiger partial charge in [-0.1, -0.05) is 73.1 Å². The van der Waals surface area contributed by atoms with Crippen molar-refractivity contribution in [2.45, 2.75) is 38.1 Å². The van der Waals surface area contributed by atoms with Crippen molar-refractivity contribution in [1.29, 1.82) is 0 Å². The molecular formula is C28H30ClFN2O2S. The Bertz CT molecular complexity index is 1080. The van der Waals surface area contributed by atoms with Gasteiger partial charge >= 0.3 is 0 Å². The number of carbonyl (C=O) groups is 2. The molecule has 0 aliphatic rings. The lowest BCUT2D eigenvalue weighted by molar-refractivity contribution is -0.139. The first-order chi connectivity index (χ1) is 17.0. The second kappa shape index (κ2) is 13.9. The summed E-state index contributed by atoms with van der Waals surface area (Å²) >= 11 is 7.45. The Hall–Kier alpha value is -2.83. The van der Waals surface area contributed by atoms with Crippen LogP contribution in [-0.4, -0.2) is 35.1 Å². The van der Waals surface area contributed by atoms with Gasteiger partial charge in [-0.3, -0.25) is 9.59 Å². The largest absolute Gasteiger partial charge is 0.354 e. The van der Waals surface area contributed by atoms with Crippen LogP contribution in [0.2, 0.25) is 5.02 Å². The summed E-state index contributed by atoms with van der Waals surface area (Å²) in [5.41, 5.74) is 2.80. The average molecular weight is 513 g/mol. The van der Waals surface area contributed by atoms with E-state index in [2.05, 4.69) is 5.32 Å². The molecule has 4 nitrogen and oxygen atoms in total. The van der Waals surface area contributed by atoms with E-state index in [-0.39, 0.29) is 29.9 Å². The molecule has 0 aliphatic carbocycles. The Morgan fingerprint density at radius 2 is 1.60 bits per heavy atom. The smallest absolute Gasteiger partial charge is 0.243 e. The van der Waals surface area contributed by atoms with E-state index in [0.29, 0.717) is 23.7 Å². The zero-order valence-electron chi connectivity index (χ0n) is 19.8. The van der Waals surface area contributed by atoms with Gasteiger partial charge in [0.1, 0.15) is 11.9 Å². The summed E-state index contributed by atoms with van der Waals surface area (Å²) < 4.78 is 13.5. The van der Waals surface area contributed by atoms with Crippen molar-refractivity contribution in [3.8, 4) is 0 Å². The maximum atomic E-state index is 13.5. The van der Waals surface area contributed by atoms with Crippen LogP contribution in [0.4, 0.5) is 4.39 Å². The van der Waals surface area contributed by atoms with Gasteiger partial charge in [0.05, 0.1) is 5.75 Å². The van der Waals surface area contributed by atoms with Gasteiger partial charge in [-0.15, -0.1) is 11.8 Å². The van der Waals surface area contributed by atoms with Crippen LogP contribution in [0.1, 0.15) is 30.0 Å². The fourth-order valence-electron chi connectivity index (χ4n) is 3.63. The summed E-state index contributed by atoms with van der Waals surface area (Å²) in [6, 6.07) is 22.6. The Balaban J connectivity index is 1.81. The predicted octanol–water partition coefficient (Wildman–Crippen LogP) is 5.88. The molecule has 0 fully saturated rings. The highest BCUT2D eigenvalue weighted by Gasteiger charge is 2.30. The third-order valence-electron chi connectivity index (χ3n) is 5.49. The molecule has 1 atom stereocenters. The number of nitrogens with zero attached hydrogens (tertiary/aromatic N) is 1. The number of hydrogen-bond acceptors (Lipinski definition) is 3. The monoisotopic (exact) mass is 512 g/mol. The van der Waals surface area contributed by atoms with Crippen LogP contribution >= 0.6 is 23.4 Å². The van der Waals surface area contributed by atoms with Gasteiger partial charge in [0, 0.05) is 30.3 Å². The summed E-state index contributed by atoms with van der Waals surface area (Å²) in [6.07, 6.45) is 1.19. The van der Waals surface area contributed by atoms with Gasteiger partial charge in [0.25, 0.3) is 0 Å². The van der Waals surface area contributed by atoms with Crippen LogP contribution in [0.15, 0.2) is 78.9 Å². The predicted molar refractivity (Wildman–Crippen MR) is 142 cm³/mol. The van der Waals surface area contributed by atoms with E-state index in [9.17, 15) is 14.0 Å². The van der Waals surface area contributed by atoms with Gasteiger partial charge in [0.15, 0.2) is 0 Å². The highest BCUT2D eigenvalue weighted by Crippen LogP contribution is 2.19. The third-order valence-corrected chi connectivity index (χ3v) is 6.73. The number of hydrogen-bond donors (Lipinski definition) is 1. The molecule has 0 saturated heterocycles. The Morgan fingerprint density at radius 3 is 2.26 bits per heavy atom. The van der Waals surface area contributed by atoms with Gasteiger partial charge < -0.3 is 10.2 Å². The van der Waals surface area contributed by atoms with Crippen molar-refractivity contribution in [2.75, 3.05) is 12.3 Å². The van der Waals surface area contributed by atoms with Crippen LogP contribution in [-0.2, 0) is 28.3 Å². The number of carbonyl (C=O) groups excluding carboxylic acids is 2. The number of halogens is 2. The summed E-state index contributed by atoms with van der Waals surface area (Å²) in [4.78, 5) is 28.4. The van der Waals surface area contributed by atoms with Crippen molar-refractivity contribution in [2.24, 2.45) is 0 Å². The molecule has 0 aliphatic heterocycles. The van der Waals surface area contributed by atoms with Crippen molar-refractivity contribution in [3.63, 3.8) is 0 Å². The molecule has 3 aromatic rings. The number of thioether (sulfide) groups is 1. The Labute approximate surface area is 215 Å². The molecule has 0 spiro atoms. The molecule has 2 amide bonds. The normalized spacial score (nSPS) is 11.6. The zero-order chi connectivity index (χ0) is 25.0. The van der Waals surface area contributed by atoms with Crippen LogP contribution in [0.25, 0.3) is 0 Å². The van der Waals surface area contributed by atoms with Gasteiger partial charge in [-0.25, -0.2) is 4.39 Å². The lowest BCUT2D eigenvalue weighted by Crippen LogP contribution is -2.51. The average Bonchev–Trinajstić information content (AvgIpc) is 2.87. The fourth-order valence-corrected chi connectivity index (χ4v) is 4.62. The highest BCUT2D eigenvalue weighted by atomic mass is 35.5. The maximum Gasteiger partial charge on any atom is 0.243 e. The molecule has 184 valence electrons. The SMILES string of the molecule is CCCNC(=O)C(Cc1ccccc1)N(Cc1ccc(F)cc1)C(=O)CSCc1ccc(Cl)cc1. The first kappa shape index (κ1) is 26.8. The fraction of sp³-hybridized carbons (Fsp3) is 0.286. The van der Waals surface area contributed by atoms with Crippen LogP contribution in [0.5, 0.6) is 0 Å². The summed E-state index contributed by atoms with van der Waals surface area (Å²) in [5.74, 6) is 0.205. The molecule has 0 bridgehead atoms. The molecule has 35 heavy (non-hydrogen) atoms. The minimum absolute atomic E-state index is 0.138. The minimum atomic E-state index is -0.683. The van der Waals surface area contributed by atoms with Crippen molar-refractivity contribution >= 4 is 35.2 Å². The first-order valence-corrected chi connectivity index (χ1v) is 13.2. The lowest BCUT2D eigenvalue weighted by Gasteiger charge is -2.31. The number of rotatable bonds is 12. The van der Waals surface area contributed by atoms with E-state index in [1.807, 2.05) is 61.5 Å². The minimum Gasteiger partial charge on any atom is -0.354 e. The quantitative estimate of drug-likeness (QED) is 0.330. The molecule has 0 aromatic heterocycles. The van der Waals surface area contributed by atoms with Crippen molar-refractivity contribution in [1.82, 2.24) is 10.2 Å². The number of nitrogens with one attached hydrogen (secondary N) is 1. The Kier molecular flexibility index (Phi) is 10.6. The number of benzene rings is 3. The standard InChI is InChI=1S/C28H30ClFN2O2S/c1-2-16-31-28(34)26(17-21-6-4-3-5-7-21)32(18-22-10-14-25(30)15-11-22)27(33)20-35-19-23-8-12-24(29)13-9-23/h3-15,26H,2,16-20H2,1H3,(H,31,34). The molecule has 0 radical (unpaired) electrons.